The van der Waals surface area contributed by atoms with Crippen molar-refractivity contribution in [2.75, 3.05) is 19.7 Å². The first kappa shape index (κ1) is 17.2. The minimum atomic E-state index is -0.301. The van der Waals surface area contributed by atoms with Crippen molar-refractivity contribution in [1.82, 2.24) is 4.90 Å². The highest BCUT2D eigenvalue weighted by Gasteiger charge is 2.08. The summed E-state index contributed by atoms with van der Waals surface area (Å²) in [6, 6.07) is 7.94. The summed E-state index contributed by atoms with van der Waals surface area (Å²) in [6.45, 7) is 4.04. The van der Waals surface area contributed by atoms with Crippen molar-refractivity contribution in [2.24, 2.45) is 5.73 Å². The standard InChI is InChI=1S/C17H24N2O2/c1-2-3-10-19(14-17(18)21)13-16-9-6-8-15(12-16)7-4-5-11-20/h6,8-9,12,20H,2-3,5,10-11,13-14H2,1H3,(H2,18,21). The third-order valence-electron chi connectivity index (χ3n) is 3.01. The number of aliphatic hydroxyl groups excluding tert-OH is 1. The van der Waals surface area contributed by atoms with Crippen LogP contribution in [0.1, 0.15) is 37.3 Å². The minimum Gasteiger partial charge on any atom is -0.395 e. The molecule has 21 heavy (non-hydrogen) atoms. The fraction of sp³-hybridized carbons (Fsp3) is 0.471. The number of nitrogens with two attached hydrogens (primary N) is 1. The van der Waals surface area contributed by atoms with Crippen LogP contribution in [-0.4, -0.2) is 35.6 Å². The van der Waals surface area contributed by atoms with Gasteiger partial charge in [0, 0.05) is 18.5 Å². The third kappa shape index (κ3) is 7.50. The molecule has 0 saturated carbocycles. The molecule has 3 N–H and O–H groups in total. The van der Waals surface area contributed by atoms with E-state index >= 15 is 0 Å². The Balaban J connectivity index is 2.71. The van der Waals surface area contributed by atoms with Crippen LogP contribution in [0.15, 0.2) is 24.3 Å². The van der Waals surface area contributed by atoms with Crippen molar-refractivity contribution in [3.63, 3.8) is 0 Å². The van der Waals surface area contributed by atoms with E-state index in [2.05, 4.69) is 23.7 Å². The molecule has 1 amide bonds. The predicted molar refractivity (Wildman–Crippen MR) is 84.4 cm³/mol. The van der Waals surface area contributed by atoms with Gasteiger partial charge in [0.05, 0.1) is 13.2 Å². The van der Waals surface area contributed by atoms with Gasteiger partial charge in [-0.25, -0.2) is 0 Å². The molecule has 0 saturated heterocycles. The average molecular weight is 288 g/mol. The summed E-state index contributed by atoms with van der Waals surface area (Å²) >= 11 is 0. The Kier molecular flexibility index (Phi) is 8.18. The highest BCUT2D eigenvalue weighted by molar-refractivity contribution is 5.75. The molecule has 0 heterocycles. The Hall–Kier alpha value is -1.83. The van der Waals surface area contributed by atoms with Gasteiger partial charge in [0.2, 0.25) is 5.91 Å². The molecule has 1 rings (SSSR count). The molecular weight excluding hydrogens is 264 g/mol. The smallest absolute Gasteiger partial charge is 0.231 e. The zero-order valence-electron chi connectivity index (χ0n) is 12.6. The van der Waals surface area contributed by atoms with Crippen LogP contribution < -0.4 is 5.73 Å². The third-order valence-corrected chi connectivity index (χ3v) is 3.01. The summed E-state index contributed by atoms with van der Waals surface area (Å²) in [4.78, 5) is 13.2. The molecule has 0 unspecified atom stereocenters. The van der Waals surface area contributed by atoms with Crippen molar-refractivity contribution in [1.29, 1.82) is 0 Å². The second-order valence-electron chi connectivity index (χ2n) is 5.01. The zero-order chi connectivity index (χ0) is 15.5. The van der Waals surface area contributed by atoms with E-state index in [0.29, 0.717) is 13.0 Å². The lowest BCUT2D eigenvalue weighted by atomic mass is 10.1. The van der Waals surface area contributed by atoms with Gasteiger partial charge in [0.15, 0.2) is 0 Å². The van der Waals surface area contributed by atoms with Crippen molar-refractivity contribution in [2.45, 2.75) is 32.7 Å². The Morgan fingerprint density at radius 2 is 2.24 bits per heavy atom. The van der Waals surface area contributed by atoms with Gasteiger partial charge >= 0.3 is 0 Å². The first-order valence-electron chi connectivity index (χ1n) is 7.35. The van der Waals surface area contributed by atoms with Crippen LogP contribution >= 0.6 is 0 Å². The van der Waals surface area contributed by atoms with Crippen molar-refractivity contribution < 1.29 is 9.90 Å². The number of nitrogens with zero attached hydrogens (tertiary/aromatic N) is 1. The molecule has 0 atom stereocenters. The van der Waals surface area contributed by atoms with Crippen molar-refractivity contribution in [3.05, 3.63) is 35.4 Å². The molecule has 4 nitrogen and oxygen atoms in total. The van der Waals surface area contributed by atoms with Gasteiger partial charge in [-0.1, -0.05) is 37.3 Å². The monoisotopic (exact) mass is 288 g/mol. The number of hydrogen-bond donors (Lipinski definition) is 2. The maximum atomic E-state index is 11.1. The lowest BCUT2D eigenvalue weighted by Gasteiger charge is -2.20. The van der Waals surface area contributed by atoms with Crippen LogP contribution in [0.5, 0.6) is 0 Å². The van der Waals surface area contributed by atoms with E-state index in [-0.39, 0.29) is 19.1 Å². The summed E-state index contributed by atoms with van der Waals surface area (Å²) in [5.41, 5.74) is 7.34. The summed E-state index contributed by atoms with van der Waals surface area (Å²) in [5, 5.41) is 8.73. The maximum Gasteiger partial charge on any atom is 0.231 e. The fourth-order valence-electron chi connectivity index (χ4n) is 2.04. The average Bonchev–Trinajstić information content (AvgIpc) is 2.45. The summed E-state index contributed by atoms with van der Waals surface area (Å²) in [6.07, 6.45) is 2.61. The predicted octanol–water partition coefficient (Wildman–Crippen LogP) is 1.51. The number of amides is 1. The number of carbonyl (C=O) groups excluding carboxylic acids is 1. The van der Waals surface area contributed by atoms with Crippen LogP contribution in [-0.2, 0) is 11.3 Å². The number of carbonyl (C=O) groups is 1. The lowest BCUT2D eigenvalue weighted by Crippen LogP contribution is -2.34. The second-order valence-corrected chi connectivity index (χ2v) is 5.01. The van der Waals surface area contributed by atoms with Gasteiger partial charge in [0.1, 0.15) is 0 Å². The van der Waals surface area contributed by atoms with Crippen LogP contribution in [0, 0.1) is 11.8 Å². The summed E-state index contributed by atoms with van der Waals surface area (Å²) in [7, 11) is 0. The first-order valence-corrected chi connectivity index (χ1v) is 7.35. The Bertz CT molecular complexity index is 503. The number of benzene rings is 1. The van der Waals surface area contributed by atoms with Crippen LogP contribution in [0.25, 0.3) is 0 Å². The molecule has 1 aromatic carbocycles. The Labute approximate surface area is 127 Å². The number of primary amides is 1. The van der Waals surface area contributed by atoms with E-state index < -0.39 is 0 Å². The van der Waals surface area contributed by atoms with Crippen molar-refractivity contribution >= 4 is 5.91 Å². The SMILES string of the molecule is CCCCN(CC(N)=O)Cc1cccc(C#CCCO)c1. The molecule has 1 aromatic rings. The Morgan fingerprint density at radius 3 is 2.90 bits per heavy atom. The molecular formula is C17H24N2O2. The Morgan fingerprint density at radius 1 is 1.43 bits per heavy atom. The topological polar surface area (TPSA) is 66.6 Å². The summed E-state index contributed by atoms with van der Waals surface area (Å²) in [5.74, 6) is 5.63. The van der Waals surface area contributed by atoms with Gasteiger partial charge in [-0.05, 0) is 30.7 Å². The minimum absolute atomic E-state index is 0.0795. The van der Waals surface area contributed by atoms with Crippen molar-refractivity contribution in [3.8, 4) is 11.8 Å². The van der Waals surface area contributed by atoms with E-state index in [0.717, 1.165) is 30.5 Å². The fourth-order valence-corrected chi connectivity index (χ4v) is 2.04. The van der Waals surface area contributed by atoms with Gasteiger partial charge < -0.3 is 10.8 Å². The number of unbranched alkanes of at least 4 members (excludes halogenated alkanes) is 1. The van der Waals surface area contributed by atoms with Crippen LogP contribution in [0.4, 0.5) is 0 Å². The van der Waals surface area contributed by atoms with Crippen LogP contribution in [0.2, 0.25) is 0 Å². The van der Waals surface area contributed by atoms with E-state index in [1.54, 1.807) is 0 Å². The highest BCUT2D eigenvalue weighted by Crippen LogP contribution is 2.09. The quantitative estimate of drug-likeness (QED) is 0.713. The van der Waals surface area contributed by atoms with Gasteiger partial charge in [-0.3, -0.25) is 9.69 Å². The number of hydrogen-bond acceptors (Lipinski definition) is 3. The molecule has 4 heteroatoms. The normalized spacial score (nSPS) is 10.2. The maximum absolute atomic E-state index is 11.1. The number of aliphatic hydroxyl groups is 1. The van der Waals surface area contributed by atoms with E-state index in [1.807, 2.05) is 24.3 Å². The highest BCUT2D eigenvalue weighted by atomic mass is 16.2. The lowest BCUT2D eigenvalue weighted by molar-refractivity contribution is -0.119. The molecule has 0 aromatic heterocycles. The molecule has 0 aliphatic carbocycles. The molecule has 0 radical (unpaired) electrons. The number of rotatable bonds is 8. The molecule has 0 spiro atoms. The molecule has 0 aliphatic rings. The zero-order valence-corrected chi connectivity index (χ0v) is 12.6. The van der Waals surface area contributed by atoms with E-state index in [4.69, 9.17) is 10.8 Å². The second kappa shape index (κ2) is 9.98. The molecule has 0 fully saturated rings. The van der Waals surface area contributed by atoms with E-state index in [1.165, 1.54) is 0 Å². The van der Waals surface area contributed by atoms with E-state index in [9.17, 15) is 4.79 Å². The van der Waals surface area contributed by atoms with Crippen LogP contribution in [0.3, 0.4) is 0 Å². The molecule has 114 valence electrons. The van der Waals surface area contributed by atoms with Gasteiger partial charge in [0.25, 0.3) is 0 Å². The van der Waals surface area contributed by atoms with Gasteiger partial charge in [-0.2, -0.15) is 0 Å². The first-order chi connectivity index (χ1) is 10.2. The molecule has 0 bridgehead atoms. The summed E-state index contributed by atoms with van der Waals surface area (Å²) < 4.78 is 0. The largest absolute Gasteiger partial charge is 0.395 e. The molecule has 0 aliphatic heterocycles. The van der Waals surface area contributed by atoms with Gasteiger partial charge in [-0.15, -0.1) is 0 Å².